The Morgan fingerprint density at radius 3 is 2.72 bits per heavy atom. The summed E-state index contributed by atoms with van der Waals surface area (Å²) < 4.78 is 5.48. The molecule has 0 heterocycles. The Morgan fingerprint density at radius 1 is 1.33 bits per heavy atom. The van der Waals surface area contributed by atoms with Crippen LogP contribution < -0.4 is 10.1 Å². The van der Waals surface area contributed by atoms with Crippen LogP contribution in [-0.4, -0.2) is 19.9 Å². The van der Waals surface area contributed by atoms with E-state index in [4.69, 9.17) is 4.74 Å². The van der Waals surface area contributed by atoms with Crippen molar-refractivity contribution in [2.75, 3.05) is 19.9 Å². The van der Waals surface area contributed by atoms with Gasteiger partial charge in [-0.1, -0.05) is 25.8 Å². The van der Waals surface area contributed by atoms with Crippen LogP contribution >= 0.6 is 11.8 Å². The SMILES string of the molecule is CCCCCSc1cccc(OC)c1C(C)NC. The second-order valence-corrected chi connectivity index (χ2v) is 5.57. The van der Waals surface area contributed by atoms with Crippen LogP contribution in [0.25, 0.3) is 0 Å². The zero-order valence-corrected chi connectivity index (χ0v) is 12.8. The molecule has 0 amide bonds. The number of rotatable bonds is 8. The Kier molecular flexibility index (Phi) is 7.21. The first-order valence-corrected chi connectivity index (χ1v) is 7.70. The van der Waals surface area contributed by atoms with Gasteiger partial charge in [0.2, 0.25) is 0 Å². The van der Waals surface area contributed by atoms with E-state index in [9.17, 15) is 0 Å². The van der Waals surface area contributed by atoms with E-state index in [0.717, 1.165) is 5.75 Å². The van der Waals surface area contributed by atoms with E-state index >= 15 is 0 Å². The first-order chi connectivity index (χ1) is 8.74. The minimum Gasteiger partial charge on any atom is -0.496 e. The van der Waals surface area contributed by atoms with Gasteiger partial charge in [-0.2, -0.15) is 0 Å². The largest absolute Gasteiger partial charge is 0.496 e. The van der Waals surface area contributed by atoms with Crippen LogP contribution in [0.1, 0.15) is 44.7 Å². The number of thioether (sulfide) groups is 1. The number of unbranched alkanes of at least 4 members (excludes halogenated alkanes) is 2. The summed E-state index contributed by atoms with van der Waals surface area (Å²) in [6, 6.07) is 6.63. The van der Waals surface area contributed by atoms with Crippen LogP contribution in [0.3, 0.4) is 0 Å². The third-order valence-corrected chi connectivity index (χ3v) is 4.28. The molecule has 1 rings (SSSR count). The summed E-state index contributed by atoms with van der Waals surface area (Å²) in [6.07, 6.45) is 3.87. The minimum absolute atomic E-state index is 0.315. The summed E-state index contributed by atoms with van der Waals surface area (Å²) in [7, 11) is 3.73. The fourth-order valence-corrected chi connectivity index (χ4v) is 3.11. The number of benzene rings is 1. The molecule has 18 heavy (non-hydrogen) atoms. The van der Waals surface area contributed by atoms with Gasteiger partial charge in [0.1, 0.15) is 5.75 Å². The number of methoxy groups -OCH3 is 1. The topological polar surface area (TPSA) is 21.3 Å². The minimum atomic E-state index is 0.315. The maximum Gasteiger partial charge on any atom is 0.124 e. The van der Waals surface area contributed by atoms with Crippen LogP contribution in [0.4, 0.5) is 0 Å². The first-order valence-electron chi connectivity index (χ1n) is 6.71. The standard InChI is InChI=1S/C15H25NOS/c1-5-6-7-11-18-14-10-8-9-13(17-4)15(14)12(2)16-3/h8-10,12,16H,5-7,11H2,1-4H3. The van der Waals surface area contributed by atoms with Crippen molar-refractivity contribution in [3.63, 3.8) is 0 Å². The lowest BCUT2D eigenvalue weighted by atomic mass is 10.1. The highest BCUT2D eigenvalue weighted by atomic mass is 32.2. The van der Waals surface area contributed by atoms with Gasteiger partial charge in [0.15, 0.2) is 0 Å². The Morgan fingerprint density at radius 2 is 2.11 bits per heavy atom. The molecule has 0 aliphatic rings. The molecule has 0 saturated carbocycles. The molecule has 1 atom stereocenters. The lowest BCUT2D eigenvalue weighted by Crippen LogP contribution is -2.14. The molecule has 2 nitrogen and oxygen atoms in total. The highest BCUT2D eigenvalue weighted by Crippen LogP contribution is 2.35. The Hall–Kier alpha value is -0.670. The first kappa shape index (κ1) is 15.4. The fourth-order valence-electron chi connectivity index (χ4n) is 1.93. The van der Waals surface area contributed by atoms with E-state index in [0.29, 0.717) is 6.04 Å². The highest BCUT2D eigenvalue weighted by Gasteiger charge is 2.14. The van der Waals surface area contributed by atoms with Crippen molar-refractivity contribution in [3.05, 3.63) is 23.8 Å². The lowest BCUT2D eigenvalue weighted by Gasteiger charge is -2.19. The zero-order chi connectivity index (χ0) is 13.4. The maximum atomic E-state index is 5.48. The molecule has 0 saturated heterocycles. The van der Waals surface area contributed by atoms with E-state index < -0.39 is 0 Å². The second-order valence-electron chi connectivity index (χ2n) is 4.44. The number of ether oxygens (including phenoxy) is 1. The average Bonchev–Trinajstić information content (AvgIpc) is 2.42. The molecule has 0 aromatic heterocycles. The molecule has 3 heteroatoms. The summed E-state index contributed by atoms with van der Waals surface area (Å²) in [6.45, 7) is 4.42. The number of nitrogens with one attached hydrogen (secondary N) is 1. The van der Waals surface area contributed by atoms with Crippen LogP contribution in [-0.2, 0) is 0 Å². The van der Waals surface area contributed by atoms with E-state index in [2.05, 4.69) is 31.3 Å². The summed E-state index contributed by atoms with van der Waals surface area (Å²) >= 11 is 1.94. The molecular weight excluding hydrogens is 242 g/mol. The Balaban J connectivity index is 2.81. The van der Waals surface area contributed by atoms with Crippen molar-refractivity contribution in [2.24, 2.45) is 0 Å². The molecular formula is C15H25NOS. The lowest BCUT2D eigenvalue weighted by molar-refractivity contribution is 0.401. The van der Waals surface area contributed by atoms with Crippen LogP contribution in [0, 0.1) is 0 Å². The third kappa shape index (κ3) is 4.21. The molecule has 1 aromatic rings. The smallest absolute Gasteiger partial charge is 0.124 e. The van der Waals surface area contributed by atoms with Crippen LogP contribution in [0.15, 0.2) is 23.1 Å². The van der Waals surface area contributed by atoms with Gasteiger partial charge in [-0.15, -0.1) is 11.8 Å². The van der Waals surface area contributed by atoms with Crippen molar-refractivity contribution in [2.45, 2.75) is 44.0 Å². The van der Waals surface area contributed by atoms with E-state index in [1.165, 1.54) is 35.5 Å². The quantitative estimate of drug-likeness (QED) is 0.562. The highest BCUT2D eigenvalue weighted by molar-refractivity contribution is 7.99. The van der Waals surface area contributed by atoms with Gasteiger partial charge in [0, 0.05) is 16.5 Å². The van der Waals surface area contributed by atoms with Gasteiger partial charge in [0.25, 0.3) is 0 Å². The summed E-state index contributed by atoms with van der Waals surface area (Å²) in [4.78, 5) is 1.34. The van der Waals surface area contributed by atoms with Crippen molar-refractivity contribution in [1.29, 1.82) is 0 Å². The van der Waals surface area contributed by atoms with Gasteiger partial charge in [-0.05, 0) is 38.3 Å². The van der Waals surface area contributed by atoms with E-state index in [1.807, 2.05) is 24.9 Å². The van der Waals surface area contributed by atoms with Crippen molar-refractivity contribution in [3.8, 4) is 5.75 Å². The molecule has 102 valence electrons. The second kappa shape index (κ2) is 8.44. The maximum absolute atomic E-state index is 5.48. The average molecular weight is 267 g/mol. The predicted octanol–water partition coefficient (Wildman–Crippen LogP) is 4.26. The van der Waals surface area contributed by atoms with Crippen LogP contribution in [0.2, 0.25) is 0 Å². The normalized spacial score (nSPS) is 12.4. The molecule has 0 aliphatic heterocycles. The third-order valence-electron chi connectivity index (χ3n) is 3.12. The fraction of sp³-hybridized carbons (Fsp3) is 0.600. The van der Waals surface area contributed by atoms with Gasteiger partial charge in [0.05, 0.1) is 7.11 Å². The van der Waals surface area contributed by atoms with Gasteiger partial charge in [-0.3, -0.25) is 0 Å². The molecule has 0 aliphatic carbocycles. The van der Waals surface area contributed by atoms with Crippen molar-refractivity contribution < 1.29 is 4.74 Å². The number of hydrogen-bond donors (Lipinski definition) is 1. The monoisotopic (exact) mass is 267 g/mol. The van der Waals surface area contributed by atoms with Crippen molar-refractivity contribution in [1.82, 2.24) is 5.32 Å². The molecule has 0 fully saturated rings. The molecule has 0 spiro atoms. The van der Waals surface area contributed by atoms with Gasteiger partial charge in [-0.25, -0.2) is 0 Å². The Labute approximate surface area is 116 Å². The van der Waals surface area contributed by atoms with Crippen LogP contribution in [0.5, 0.6) is 5.75 Å². The zero-order valence-electron chi connectivity index (χ0n) is 12.0. The molecule has 0 radical (unpaired) electrons. The van der Waals surface area contributed by atoms with Gasteiger partial charge < -0.3 is 10.1 Å². The summed E-state index contributed by atoms with van der Waals surface area (Å²) in [5.41, 5.74) is 1.28. The van der Waals surface area contributed by atoms with E-state index in [-0.39, 0.29) is 0 Å². The molecule has 0 bridgehead atoms. The molecule has 1 N–H and O–H groups in total. The Bertz CT molecular complexity index is 354. The van der Waals surface area contributed by atoms with Gasteiger partial charge >= 0.3 is 0 Å². The van der Waals surface area contributed by atoms with E-state index in [1.54, 1.807) is 7.11 Å². The summed E-state index contributed by atoms with van der Waals surface area (Å²) in [5, 5.41) is 3.30. The van der Waals surface area contributed by atoms with Crippen molar-refractivity contribution >= 4 is 11.8 Å². The predicted molar refractivity (Wildman–Crippen MR) is 80.7 cm³/mol. The number of hydrogen-bond acceptors (Lipinski definition) is 3. The molecule has 1 aromatic carbocycles. The summed E-state index contributed by atoms with van der Waals surface area (Å²) in [5.74, 6) is 2.17. The molecule has 1 unspecified atom stereocenters.